The molecule has 3 rings (SSSR count). The van der Waals surface area contributed by atoms with Crippen LogP contribution in [0.4, 0.5) is 10.3 Å². The molecule has 0 bridgehead atoms. The normalized spacial score (nSPS) is 10.8. The summed E-state index contributed by atoms with van der Waals surface area (Å²) in [6, 6.07) is 8.55. The molecule has 96 valence electrons. The molecule has 19 heavy (non-hydrogen) atoms. The summed E-state index contributed by atoms with van der Waals surface area (Å²) in [6.45, 7) is 0. The quantitative estimate of drug-likeness (QED) is 0.745. The average molecular weight is 339 g/mol. The third-order valence-corrected chi connectivity index (χ3v) is 4.17. The second-order valence-electron chi connectivity index (χ2n) is 3.88. The Balaban J connectivity index is 2.18. The molecule has 0 saturated heterocycles. The monoisotopic (exact) mass is 338 g/mol. The van der Waals surface area contributed by atoms with Gasteiger partial charge in [-0.2, -0.15) is 0 Å². The summed E-state index contributed by atoms with van der Waals surface area (Å²) >= 11 is 4.71. The van der Waals surface area contributed by atoms with Crippen LogP contribution in [-0.2, 0) is 0 Å². The van der Waals surface area contributed by atoms with E-state index in [4.69, 9.17) is 10.3 Å². The largest absolute Gasteiger partial charge is 0.367 e. The Labute approximate surface area is 121 Å². The molecule has 0 aliphatic heterocycles. The predicted octanol–water partition coefficient (Wildman–Crippen LogP) is 4.55. The van der Waals surface area contributed by atoms with Gasteiger partial charge in [-0.3, -0.25) is 0 Å². The smallest absolute Gasteiger partial charge is 0.231 e. The van der Waals surface area contributed by atoms with E-state index in [1.807, 2.05) is 17.5 Å². The molecule has 2 heterocycles. The van der Waals surface area contributed by atoms with Gasteiger partial charge in [-0.05, 0) is 45.6 Å². The fourth-order valence-electron chi connectivity index (χ4n) is 1.80. The van der Waals surface area contributed by atoms with Crippen LogP contribution in [0.25, 0.3) is 21.7 Å². The molecule has 3 nitrogen and oxygen atoms in total. The maximum Gasteiger partial charge on any atom is 0.231 e. The van der Waals surface area contributed by atoms with Crippen molar-refractivity contribution in [2.24, 2.45) is 0 Å². The van der Waals surface area contributed by atoms with Crippen molar-refractivity contribution in [3.8, 4) is 21.7 Å². The van der Waals surface area contributed by atoms with Gasteiger partial charge in [-0.25, -0.2) is 4.39 Å². The van der Waals surface area contributed by atoms with Gasteiger partial charge in [0, 0.05) is 10.4 Å². The highest BCUT2D eigenvalue weighted by molar-refractivity contribution is 9.10. The molecule has 0 amide bonds. The lowest BCUT2D eigenvalue weighted by atomic mass is 10.1. The minimum Gasteiger partial charge on any atom is -0.367 e. The Kier molecular flexibility index (Phi) is 3.12. The number of nitrogen functional groups attached to an aromatic ring is 1. The molecule has 0 aliphatic rings. The minimum atomic E-state index is -0.321. The molecule has 0 fully saturated rings. The molecule has 0 radical (unpaired) electrons. The van der Waals surface area contributed by atoms with Crippen LogP contribution >= 0.6 is 27.3 Å². The second kappa shape index (κ2) is 4.79. The third-order valence-electron chi connectivity index (χ3n) is 2.68. The van der Waals surface area contributed by atoms with Crippen molar-refractivity contribution in [3.63, 3.8) is 0 Å². The van der Waals surface area contributed by atoms with Gasteiger partial charge >= 0.3 is 0 Å². The van der Waals surface area contributed by atoms with Crippen molar-refractivity contribution in [3.05, 3.63) is 46.0 Å². The molecule has 1 aromatic carbocycles. The number of benzene rings is 1. The number of nitrogens with zero attached hydrogens (tertiary/aromatic N) is 1. The average Bonchev–Trinajstić information content (AvgIpc) is 3.01. The van der Waals surface area contributed by atoms with E-state index in [0.29, 0.717) is 10.2 Å². The van der Waals surface area contributed by atoms with Crippen LogP contribution in [0.15, 0.2) is 44.7 Å². The van der Waals surface area contributed by atoms with Gasteiger partial charge in [0.05, 0.1) is 10.0 Å². The Morgan fingerprint density at radius 2 is 2.16 bits per heavy atom. The number of halogens is 2. The summed E-state index contributed by atoms with van der Waals surface area (Å²) in [5.74, 6) is -0.0595. The lowest BCUT2D eigenvalue weighted by molar-refractivity contribution is 0.439. The van der Waals surface area contributed by atoms with E-state index >= 15 is 0 Å². The van der Waals surface area contributed by atoms with Crippen LogP contribution in [0.1, 0.15) is 0 Å². The van der Waals surface area contributed by atoms with Gasteiger partial charge in [0.25, 0.3) is 0 Å². The number of hydrogen-bond acceptors (Lipinski definition) is 4. The van der Waals surface area contributed by atoms with Crippen LogP contribution in [0.2, 0.25) is 0 Å². The topological polar surface area (TPSA) is 52.0 Å². The van der Waals surface area contributed by atoms with E-state index in [1.54, 1.807) is 23.5 Å². The summed E-state index contributed by atoms with van der Waals surface area (Å²) in [6.07, 6.45) is 0. The number of rotatable bonds is 2. The fourth-order valence-corrected chi connectivity index (χ4v) is 2.96. The third kappa shape index (κ3) is 2.17. The number of aromatic nitrogens is 1. The first-order chi connectivity index (χ1) is 9.16. The highest BCUT2D eigenvalue weighted by Gasteiger charge is 2.18. The Hall–Kier alpha value is -1.66. The molecule has 0 aliphatic carbocycles. The Bertz CT molecular complexity index is 724. The first kappa shape index (κ1) is 12.4. The predicted molar refractivity (Wildman–Crippen MR) is 77.3 cm³/mol. The molecule has 0 spiro atoms. The summed E-state index contributed by atoms with van der Waals surface area (Å²) in [7, 11) is 0. The van der Waals surface area contributed by atoms with Gasteiger partial charge in [0.2, 0.25) is 5.88 Å². The van der Waals surface area contributed by atoms with Gasteiger partial charge in [-0.15, -0.1) is 11.3 Å². The maximum absolute atomic E-state index is 13.3. The van der Waals surface area contributed by atoms with Crippen LogP contribution in [0.3, 0.4) is 0 Å². The first-order valence-electron chi connectivity index (χ1n) is 5.41. The number of hydrogen-bond donors (Lipinski definition) is 1. The van der Waals surface area contributed by atoms with Crippen molar-refractivity contribution < 1.29 is 8.91 Å². The highest BCUT2D eigenvalue weighted by Crippen LogP contribution is 2.39. The molecule has 6 heteroatoms. The zero-order chi connectivity index (χ0) is 13.4. The van der Waals surface area contributed by atoms with E-state index in [9.17, 15) is 4.39 Å². The second-order valence-corrected chi connectivity index (χ2v) is 5.68. The summed E-state index contributed by atoms with van der Waals surface area (Å²) in [5, 5.41) is 5.93. The van der Waals surface area contributed by atoms with E-state index < -0.39 is 0 Å². The van der Waals surface area contributed by atoms with Crippen LogP contribution in [0, 0.1) is 5.82 Å². The molecule has 3 aromatic rings. The molecular weight excluding hydrogens is 331 g/mol. The van der Waals surface area contributed by atoms with Gasteiger partial charge in [-0.1, -0.05) is 11.2 Å². The van der Waals surface area contributed by atoms with E-state index in [2.05, 4.69) is 21.1 Å². The van der Waals surface area contributed by atoms with E-state index in [1.165, 1.54) is 6.07 Å². The number of nitrogens with two attached hydrogens (primary N) is 1. The zero-order valence-electron chi connectivity index (χ0n) is 9.56. The SMILES string of the molecule is Nc1onc(-c2ccc(F)c(Br)c2)c1-c1cccs1. The molecular formula is C13H8BrFN2OS. The molecule has 2 N–H and O–H groups in total. The van der Waals surface area contributed by atoms with Crippen LogP contribution in [-0.4, -0.2) is 5.16 Å². The summed E-state index contributed by atoms with van der Waals surface area (Å²) < 4.78 is 18.7. The van der Waals surface area contributed by atoms with Crippen molar-refractivity contribution in [1.29, 1.82) is 0 Å². The molecule has 0 saturated carbocycles. The molecule has 0 atom stereocenters. The van der Waals surface area contributed by atoms with Gasteiger partial charge < -0.3 is 10.3 Å². The first-order valence-corrected chi connectivity index (χ1v) is 7.08. The van der Waals surface area contributed by atoms with E-state index in [-0.39, 0.29) is 11.7 Å². The van der Waals surface area contributed by atoms with Crippen molar-refractivity contribution in [2.45, 2.75) is 0 Å². The van der Waals surface area contributed by atoms with Crippen LogP contribution in [0.5, 0.6) is 0 Å². The van der Waals surface area contributed by atoms with Crippen LogP contribution < -0.4 is 5.73 Å². The minimum absolute atomic E-state index is 0.262. The molecule has 2 aromatic heterocycles. The zero-order valence-corrected chi connectivity index (χ0v) is 12.0. The molecule has 0 unspecified atom stereocenters. The Morgan fingerprint density at radius 1 is 1.32 bits per heavy atom. The lowest BCUT2D eigenvalue weighted by Crippen LogP contribution is -1.86. The van der Waals surface area contributed by atoms with Gasteiger partial charge in [0.1, 0.15) is 11.5 Å². The summed E-state index contributed by atoms with van der Waals surface area (Å²) in [5.41, 5.74) is 7.93. The summed E-state index contributed by atoms with van der Waals surface area (Å²) in [4.78, 5) is 0.967. The standard InChI is InChI=1S/C13H8BrFN2OS/c14-8-6-7(3-4-9(8)15)12-11(13(16)18-17-12)10-2-1-5-19-10/h1-6H,16H2. The number of anilines is 1. The van der Waals surface area contributed by atoms with Crippen molar-refractivity contribution >= 4 is 33.2 Å². The van der Waals surface area contributed by atoms with Crippen molar-refractivity contribution in [2.75, 3.05) is 5.73 Å². The van der Waals surface area contributed by atoms with Gasteiger partial charge in [0.15, 0.2) is 0 Å². The lowest BCUT2D eigenvalue weighted by Gasteiger charge is -2.01. The van der Waals surface area contributed by atoms with Crippen molar-refractivity contribution in [1.82, 2.24) is 5.16 Å². The van der Waals surface area contributed by atoms with E-state index in [0.717, 1.165) is 16.0 Å². The Morgan fingerprint density at radius 3 is 2.84 bits per heavy atom. The fraction of sp³-hybridized carbons (Fsp3) is 0. The maximum atomic E-state index is 13.3. The number of thiophene rings is 1. The highest BCUT2D eigenvalue weighted by atomic mass is 79.9.